The maximum atomic E-state index is 4.41. The van der Waals surface area contributed by atoms with Crippen LogP contribution in [-0.4, -0.2) is 9.97 Å². The fourth-order valence-electron chi connectivity index (χ4n) is 2.45. The molecule has 0 bridgehead atoms. The van der Waals surface area contributed by atoms with Crippen LogP contribution in [0.15, 0.2) is 36.4 Å². The monoisotopic (exact) mass is 265 g/mol. The van der Waals surface area contributed by atoms with Gasteiger partial charge >= 0.3 is 0 Å². The largest absolute Gasteiger partial charge is 0.381 e. The van der Waals surface area contributed by atoms with Crippen LogP contribution in [0.25, 0.3) is 11.0 Å². The van der Waals surface area contributed by atoms with Gasteiger partial charge < -0.3 is 10.3 Å². The summed E-state index contributed by atoms with van der Waals surface area (Å²) in [5, 5.41) is 3.48. The van der Waals surface area contributed by atoms with E-state index in [1.54, 1.807) is 0 Å². The molecule has 0 spiro atoms. The summed E-state index contributed by atoms with van der Waals surface area (Å²) in [6.45, 7) is 7.14. The van der Waals surface area contributed by atoms with Gasteiger partial charge in [-0.25, -0.2) is 4.98 Å². The van der Waals surface area contributed by atoms with E-state index in [2.05, 4.69) is 59.5 Å². The predicted octanol–water partition coefficient (Wildman–Crippen LogP) is 4.10. The van der Waals surface area contributed by atoms with Crippen LogP contribution in [0.2, 0.25) is 0 Å². The van der Waals surface area contributed by atoms with Crippen LogP contribution in [0.3, 0.4) is 0 Å². The quantitative estimate of drug-likeness (QED) is 0.748. The first-order chi connectivity index (χ1) is 9.63. The van der Waals surface area contributed by atoms with E-state index in [9.17, 15) is 0 Å². The van der Waals surface area contributed by atoms with Crippen molar-refractivity contribution >= 4 is 16.7 Å². The lowest BCUT2D eigenvalue weighted by Gasteiger charge is -2.11. The molecule has 0 aliphatic carbocycles. The molecule has 0 amide bonds. The fraction of sp³-hybridized carbons (Fsp3) is 0.235. The van der Waals surface area contributed by atoms with Gasteiger partial charge in [-0.15, -0.1) is 0 Å². The van der Waals surface area contributed by atoms with Gasteiger partial charge in [0.05, 0.1) is 11.0 Å². The molecule has 3 rings (SSSR count). The molecule has 3 nitrogen and oxygen atoms in total. The molecule has 102 valence electrons. The summed E-state index contributed by atoms with van der Waals surface area (Å²) >= 11 is 0. The summed E-state index contributed by atoms with van der Waals surface area (Å²) in [6, 6.07) is 12.7. The number of nitrogens with one attached hydrogen (secondary N) is 2. The van der Waals surface area contributed by atoms with Crippen LogP contribution in [0.4, 0.5) is 5.69 Å². The molecular formula is C17H19N3. The molecule has 0 aliphatic heterocycles. The lowest BCUT2D eigenvalue weighted by Crippen LogP contribution is -2.02. The van der Waals surface area contributed by atoms with Gasteiger partial charge in [0, 0.05) is 12.2 Å². The Hall–Kier alpha value is -2.29. The summed E-state index contributed by atoms with van der Waals surface area (Å²) < 4.78 is 0. The Bertz CT molecular complexity index is 756. The topological polar surface area (TPSA) is 40.7 Å². The highest BCUT2D eigenvalue weighted by Crippen LogP contribution is 2.19. The molecule has 0 unspecified atom stereocenters. The third-order valence-corrected chi connectivity index (χ3v) is 3.80. The Balaban J connectivity index is 1.81. The molecule has 0 saturated heterocycles. The number of fused-ring (bicyclic) bond motifs is 1. The first-order valence-electron chi connectivity index (χ1n) is 6.89. The lowest BCUT2D eigenvalue weighted by molar-refractivity contribution is 1.10. The van der Waals surface area contributed by atoms with Crippen molar-refractivity contribution in [3.05, 3.63) is 58.9 Å². The van der Waals surface area contributed by atoms with Gasteiger partial charge in [-0.05, 0) is 55.7 Å². The molecule has 2 aromatic carbocycles. The molecule has 3 heteroatoms. The number of aryl methyl sites for hydroxylation is 2. The molecule has 0 radical (unpaired) electrons. The number of H-pyrrole nitrogens is 1. The van der Waals surface area contributed by atoms with Crippen molar-refractivity contribution in [2.75, 3.05) is 5.32 Å². The Labute approximate surface area is 119 Å². The van der Waals surface area contributed by atoms with E-state index in [1.165, 1.54) is 16.7 Å². The number of aromatic amines is 1. The van der Waals surface area contributed by atoms with Crippen molar-refractivity contribution < 1.29 is 0 Å². The number of rotatable bonds is 3. The third-order valence-electron chi connectivity index (χ3n) is 3.80. The van der Waals surface area contributed by atoms with Crippen LogP contribution in [-0.2, 0) is 6.54 Å². The molecule has 1 aromatic heterocycles. The molecule has 1 heterocycles. The van der Waals surface area contributed by atoms with Gasteiger partial charge in [-0.2, -0.15) is 0 Å². The highest BCUT2D eigenvalue weighted by molar-refractivity contribution is 5.79. The second kappa shape index (κ2) is 5.00. The zero-order valence-electron chi connectivity index (χ0n) is 12.1. The van der Waals surface area contributed by atoms with Crippen LogP contribution in [0.1, 0.15) is 22.5 Å². The maximum absolute atomic E-state index is 4.41. The smallest absolute Gasteiger partial charge is 0.104 e. The average molecular weight is 265 g/mol. The van der Waals surface area contributed by atoms with Gasteiger partial charge in [0.15, 0.2) is 0 Å². The van der Waals surface area contributed by atoms with Gasteiger partial charge in [-0.3, -0.25) is 0 Å². The maximum Gasteiger partial charge on any atom is 0.104 e. The number of imidazole rings is 1. The molecular weight excluding hydrogens is 246 g/mol. The fourth-order valence-corrected chi connectivity index (χ4v) is 2.45. The first kappa shape index (κ1) is 12.7. The van der Waals surface area contributed by atoms with Crippen LogP contribution in [0.5, 0.6) is 0 Å². The van der Waals surface area contributed by atoms with Gasteiger partial charge in [0.1, 0.15) is 5.82 Å². The van der Waals surface area contributed by atoms with Crippen molar-refractivity contribution in [1.29, 1.82) is 0 Å². The second-order valence-electron chi connectivity index (χ2n) is 5.27. The zero-order valence-corrected chi connectivity index (χ0v) is 12.1. The Morgan fingerprint density at radius 3 is 2.80 bits per heavy atom. The number of aromatic nitrogens is 2. The summed E-state index contributed by atoms with van der Waals surface area (Å²) in [5.41, 5.74) is 7.24. The van der Waals surface area contributed by atoms with Gasteiger partial charge in [-0.1, -0.05) is 18.2 Å². The van der Waals surface area contributed by atoms with Crippen LogP contribution in [0, 0.1) is 20.8 Å². The average Bonchev–Trinajstić information content (AvgIpc) is 2.79. The van der Waals surface area contributed by atoms with Crippen molar-refractivity contribution in [3.63, 3.8) is 0 Å². The Morgan fingerprint density at radius 1 is 1.10 bits per heavy atom. The molecule has 0 fully saturated rings. The SMILES string of the molecule is Cc1nc2ccc(NCc3cccc(C)c3C)cc2[nH]1. The summed E-state index contributed by atoms with van der Waals surface area (Å²) in [7, 11) is 0. The minimum absolute atomic E-state index is 0.839. The zero-order chi connectivity index (χ0) is 14.1. The standard InChI is InChI=1S/C17H19N3/c1-11-5-4-6-14(12(11)2)10-18-15-7-8-16-17(9-15)20-13(3)19-16/h4-9,18H,10H2,1-3H3,(H,19,20). The molecule has 0 atom stereocenters. The van der Waals surface area contributed by atoms with E-state index < -0.39 is 0 Å². The number of anilines is 1. The van der Waals surface area contributed by atoms with E-state index in [4.69, 9.17) is 0 Å². The minimum Gasteiger partial charge on any atom is -0.381 e. The van der Waals surface area contributed by atoms with Crippen LogP contribution >= 0.6 is 0 Å². The number of hydrogen-bond donors (Lipinski definition) is 2. The highest BCUT2D eigenvalue weighted by atomic mass is 14.9. The third kappa shape index (κ3) is 2.39. The molecule has 0 saturated carbocycles. The van der Waals surface area contributed by atoms with E-state index in [-0.39, 0.29) is 0 Å². The first-order valence-corrected chi connectivity index (χ1v) is 6.89. The molecule has 3 aromatic rings. The van der Waals surface area contributed by atoms with E-state index in [1.807, 2.05) is 13.0 Å². The van der Waals surface area contributed by atoms with Crippen molar-refractivity contribution in [2.45, 2.75) is 27.3 Å². The lowest BCUT2D eigenvalue weighted by atomic mass is 10.0. The van der Waals surface area contributed by atoms with Crippen molar-refractivity contribution in [3.8, 4) is 0 Å². The Kier molecular flexibility index (Phi) is 3.18. The van der Waals surface area contributed by atoms with E-state index >= 15 is 0 Å². The molecule has 2 N–H and O–H groups in total. The minimum atomic E-state index is 0.839. The molecule has 0 aliphatic rings. The normalized spacial score (nSPS) is 10.9. The second-order valence-corrected chi connectivity index (χ2v) is 5.27. The number of nitrogens with zero attached hydrogens (tertiary/aromatic N) is 1. The Morgan fingerprint density at radius 2 is 1.95 bits per heavy atom. The number of hydrogen-bond acceptors (Lipinski definition) is 2. The summed E-state index contributed by atoms with van der Waals surface area (Å²) in [4.78, 5) is 7.68. The number of benzene rings is 2. The molecule has 20 heavy (non-hydrogen) atoms. The van der Waals surface area contributed by atoms with Gasteiger partial charge in [0.2, 0.25) is 0 Å². The van der Waals surface area contributed by atoms with Crippen LogP contribution < -0.4 is 5.32 Å². The van der Waals surface area contributed by atoms with Crippen molar-refractivity contribution in [2.24, 2.45) is 0 Å². The van der Waals surface area contributed by atoms with E-state index in [0.29, 0.717) is 0 Å². The predicted molar refractivity (Wildman–Crippen MR) is 84.1 cm³/mol. The summed E-state index contributed by atoms with van der Waals surface area (Å²) in [6.07, 6.45) is 0. The van der Waals surface area contributed by atoms with Crippen molar-refractivity contribution in [1.82, 2.24) is 9.97 Å². The van der Waals surface area contributed by atoms with E-state index in [0.717, 1.165) is 29.1 Å². The van der Waals surface area contributed by atoms with Gasteiger partial charge in [0.25, 0.3) is 0 Å². The highest BCUT2D eigenvalue weighted by Gasteiger charge is 2.03. The summed E-state index contributed by atoms with van der Waals surface area (Å²) in [5.74, 6) is 0.951.